The van der Waals surface area contributed by atoms with Crippen LogP contribution < -0.4 is 0 Å². The van der Waals surface area contributed by atoms with E-state index in [-0.39, 0.29) is 13.2 Å². The lowest BCUT2D eigenvalue weighted by atomic mass is 9.98. The van der Waals surface area contributed by atoms with E-state index in [9.17, 15) is 29.4 Å². The van der Waals surface area contributed by atoms with E-state index < -0.39 is 46.1 Å². The van der Waals surface area contributed by atoms with Crippen molar-refractivity contribution in [1.82, 2.24) is 0 Å². The van der Waals surface area contributed by atoms with E-state index in [1.54, 1.807) is 0 Å². The molecule has 0 aliphatic heterocycles. The smallest absolute Gasteiger partial charge is 0.339 e. The predicted molar refractivity (Wildman–Crippen MR) is 97.9 cm³/mol. The number of carboxylic acids is 2. The molecule has 0 heterocycles. The molecular formula is C16H18O8S2. The van der Waals surface area contributed by atoms with Gasteiger partial charge in [0, 0.05) is 0 Å². The summed E-state index contributed by atoms with van der Waals surface area (Å²) in [5.74, 6) is -4.09. The monoisotopic (exact) mass is 402 g/mol. The van der Waals surface area contributed by atoms with E-state index in [1.165, 1.54) is 0 Å². The van der Waals surface area contributed by atoms with E-state index in [0.29, 0.717) is 24.3 Å². The number of hydrogen-bond donors (Lipinski definition) is 4. The van der Waals surface area contributed by atoms with Crippen molar-refractivity contribution in [3.05, 3.63) is 34.4 Å². The molecule has 10 heteroatoms. The largest absolute Gasteiger partial charge is 0.478 e. The van der Waals surface area contributed by atoms with Crippen LogP contribution in [0.4, 0.5) is 0 Å². The van der Waals surface area contributed by atoms with Gasteiger partial charge in [-0.3, -0.25) is 0 Å². The molecule has 0 fully saturated rings. The van der Waals surface area contributed by atoms with Gasteiger partial charge in [-0.1, -0.05) is 0 Å². The Morgan fingerprint density at radius 1 is 0.731 bits per heavy atom. The van der Waals surface area contributed by atoms with Gasteiger partial charge in [0.2, 0.25) is 0 Å². The number of ether oxygens (including phenoxy) is 2. The van der Waals surface area contributed by atoms with E-state index in [2.05, 4.69) is 25.3 Å². The van der Waals surface area contributed by atoms with Crippen molar-refractivity contribution >= 4 is 49.1 Å². The second-order valence-corrected chi connectivity index (χ2v) is 5.87. The first-order valence-electron chi connectivity index (χ1n) is 7.54. The Bertz CT molecular complexity index is 646. The number of carbonyl (C=O) groups excluding carboxylic acids is 2. The normalized spacial score (nSPS) is 10.2. The maximum atomic E-state index is 12.1. The minimum Gasteiger partial charge on any atom is -0.478 e. The van der Waals surface area contributed by atoms with Crippen LogP contribution in [0.1, 0.15) is 54.3 Å². The second-order valence-electron chi connectivity index (χ2n) is 4.98. The molecule has 0 aliphatic rings. The van der Waals surface area contributed by atoms with Gasteiger partial charge in [0.25, 0.3) is 0 Å². The zero-order chi connectivity index (χ0) is 19.7. The molecule has 8 nitrogen and oxygen atoms in total. The lowest BCUT2D eigenvalue weighted by molar-refractivity contribution is 0.0487. The number of rotatable bonds is 10. The zero-order valence-electron chi connectivity index (χ0n) is 13.6. The van der Waals surface area contributed by atoms with Gasteiger partial charge in [0.1, 0.15) is 0 Å². The van der Waals surface area contributed by atoms with E-state index >= 15 is 0 Å². The summed E-state index contributed by atoms with van der Waals surface area (Å²) < 4.78 is 9.86. The highest BCUT2D eigenvalue weighted by Gasteiger charge is 2.27. The third-order valence-corrected chi connectivity index (χ3v) is 3.76. The molecule has 0 aliphatic carbocycles. The molecule has 0 amide bonds. The lowest BCUT2D eigenvalue weighted by Crippen LogP contribution is -2.19. The maximum Gasteiger partial charge on any atom is 0.339 e. The fraction of sp³-hybridized carbons (Fsp3) is 0.375. The molecule has 0 spiro atoms. The van der Waals surface area contributed by atoms with Crippen LogP contribution in [0.3, 0.4) is 0 Å². The fourth-order valence-corrected chi connectivity index (χ4v) is 2.16. The molecule has 0 atom stereocenters. The van der Waals surface area contributed by atoms with Crippen LogP contribution >= 0.6 is 25.3 Å². The highest BCUT2D eigenvalue weighted by atomic mass is 32.1. The Kier molecular flexibility index (Phi) is 9.00. The quantitative estimate of drug-likeness (QED) is 0.266. The molecular weight excluding hydrogens is 384 g/mol. The maximum absolute atomic E-state index is 12.1. The van der Waals surface area contributed by atoms with Crippen molar-refractivity contribution in [3.63, 3.8) is 0 Å². The summed E-state index contributed by atoms with van der Waals surface area (Å²) in [5.41, 5.74) is -2.01. The average Bonchev–Trinajstić information content (AvgIpc) is 2.60. The minimum absolute atomic E-state index is 0.00377. The number of aromatic carboxylic acids is 2. The molecule has 0 saturated carbocycles. The van der Waals surface area contributed by atoms with Crippen LogP contribution in [0.15, 0.2) is 12.1 Å². The van der Waals surface area contributed by atoms with Crippen LogP contribution in [-0.2, 0) is 9.47 Å². The van der Waals surface area contributed by atoms with Crippen LogP contribution in [0, 0.1) is 0 Å². The van der Waals surface area contributed by atoms with Crippen LogP contribution in [0.2, 0.25) is 0 Å². The fourth-order valence-electron chi connectivity index (χ4n) is 1.91. The SMILES string of the molecule is O=C(O)c1cc(C(=O)O)c(C(=O)OCCCS)cc1C(=O)OCCCS. The van der Waals surface area contributed by atoms with Gasteiger partial charge in [-0.25, -0.2) is 19.2 Å². The lowest BCUT2D eigenvalue weighted by Gasteiger charge is -2.12. The number of hydrogen-bond acceptors (Lipinski definition) is 8. The van der Waals surface area contributed by atoms with E-state index in [4.69, 9.17) is 9.47 Å². The molecule has 0 aromatic heterocycles. The molecule has 26 heavy (non-hydrogen) atoms. The average molecular weight is 402 g/mol. The number of carbonyl (C=O) groups is 4. The molecule has 1 aromatic rings. The summed E-state index contributed by atoms with van der Waals surface area (Å²) in [6.07, 6.45) is 0.895. The molecule has 0 bridgehead atoms. The number of benzene rings is 1. The second kappa shape index (κ2) is 10.7. The molecule has 1 aromatic carbocycles. The standard InChI is InChI=1S/C16H18O8S2/c17-13(18)9-7-10(14(19)20)12(16(22)24-4-2-6-26)8-11(9)15(21)23-3-1-5-25/h7-8,25-26H,1-6H2,(H,17,18)(H,19,20). The summed E-state index contributed by atoms with van der Waals surface area (Å²) in [6, 6.07) is 1.62. The van der Waals surface area contributed by atoms with Gasteiger partial charge in [-0.15, -0.1) is 0 Å². The molecule has 0 radical (unpaired) electrons. The summed E-state index contributed by atoms with van der Waals surface area (Å²) >= 11 is 7.93. The Hall–Kier alpha value is -2.20. The Balaban J connectivity index is 3.32. The zero-order valence-corrected chi connectivity index (χ0v) is 15.4. The third kappa shape index (κ3) is 5.95. The first-order valence-corrected chi connectivity index (χ1v) is 8.80. The van der Waals surface area contributed by atoms with Gasteiger partial charge >= 0.3 is 23.9 Å². The molecule has 0 unspecified atom stereocenters. The molecule has 142 valence electrons. The van der Waals surface area contributed by atoms with Crippen molar-refractivity contribution in [1.29, 1.82) is 0 Å². The Morgan fingerprint density at radius 3 is 1.38 bits per heavy atom. The summed E-state index contributed by atoms with van der Waals surface area (Å²) in [6.45, 7) is 0.00754. The van der Waals surface area contributed by atoms with Crippen molar-refractivity contribution in [2.45, 2.75) is 12.8 Å². The number of carboxylic acid groups (broad SMARTS) is 2. The van der Waals surface area contributed by atoms with Crippen LogP contribution in [-0.4, -0.2) is 58.8 Å². The van der Waals surface area contributed by atoms with Crippen LogP contribution in [0.25, 0.3) is 0 Å². The number of thiol groups is 2. The Labute approximate surface area is 160 Å². The third-order valence-electron chi connectivity index (χ3n) is 3.13. The van der Waals surface area contributed by atoms with Gasteiger partial charge in [-0.05, 0) is 36.5 Å². The van der Waals surface area contributed by atoms with Crippen molar-refractivity contribution < 1.29 is 38.9 Å². The van der Waals surface area contributed by atoms with E-state index in [0.717, 1.165) is 12.1 Å². The highest BCUT2D eigenvalue weighted by Crippen LogP contribution is 2.20. The molecule has 0 saturated heterocycles. The van der Waals surface area contributed by atoms with Crippen molar-refractivity contribution in [3.8, 4) is 0 Å². The molecule has 1 rings (SSSR count). The minimum atomic E-state index is -1.52. The van der Waals surface area contributed by atoms with Gasteiger partial charge in [0.05, 0.1) is 35.5 Å². The summed E-state index contributed by atoms with van der Waals surface area (Å²) in [5, 5.41) is 18.5. The van der Waals surface area contributed by atoms with Gasteiger partial charge < -0.3 is 19.7 Å². The van der Waals surface area contributed by atoms with Gasteiger partial charge in [0.15, 0.2) is 0 Å². The molecule has 2 N–H and O–H groups in total. The summed E-state index contributed by atoms with van der Waals surface area (Å²) in [7, 11) is 0. The highest BCUT2D eigenvalue weighted by molar-refractivity contribution is 7.80. The first-order chi connectivity index (χ1) is 12.3. The summed E-state index contributed by atoms with van der Waals surface area (Å²) in [4.78, 5) is 47.1. The van der Waals surface area contributed by atoms with Crippen LogP contribution in [0.5, 0.6) is 0 Å². The Morgan fingerprint density at radius 2 is 1.08 bits per heavy atom. The van der Waals surface area contributed by atoms with Gasteiger partial charge in [-0.2, -0.15) is 25.3 Å². The number of esters is 2. The van der Waals surface area contributed by atoms with Crippen molar-refractivity contribution in [2.24, 2.45) is 0 Å². The topological polar surface area (TPSA) is 127 Å². The predicted octanol–water partition coefficient (Wildman–Crippen LogP) is 2.04. The van der Waals surface area contributed by atoms with E-state index in [1.807, 2.05) is 0 Å². The van der Waals surface area contributed by atoms with Crippen molar-refractivity contribution in [2.75, 3.05) is 24.7 Å². The first kappa shape index (κ1) is 21.8.